The molecule has 0 radical (unpaired) electrons. The van der Waals surface area contributed by atoms with Gasteiger partial charge in [0.1, 0.15) is 11.6 Å². The van der Waals surface area contributed by atoms with Crippen LogP contribution in [0.5, 0.6) is 11.5 Å². The maximum absolute atomic E-state index is 12.8. The summed E-state index contributed by atoms with van der Waals surface area (Å²) >= 11 is 1.43. The molecular weight excluding hydrogens is 442 g/mol. The molecule has 0 aliphatic carbocycles. The minimum Gasteiger partial charge on any atom is -0.493 e. The second-order valence-electron chi connectivity index (χ2n) is 7.36. The lowest BCUT2D eigenvalue weighted by molar-refractivity contribution is -0.117. The first-order valence-electron chi connectivity index (χ1n) is 10.1. The summed E-state index contributed by atoms with van der Waals surface area (Å²) in [6, 6.07) is 11.2. The van der Waals surface area contributed by atoms with Crippen LogP contribution in [0.4, 0.5) is 5.69 Å². The van der Waals surface area contributed by atoms with Gasteiger partial charge in [-0.1, -0.05) is 29.5 Å². The van der Waals surface area contributed by atoms with Crippen molar-refractivity contribution in [1.29, 1.82) is 0 Å². The molecule has 10 heteroatoms. The molecule has 2 aromatic heterocycles. The molecule has 2 aromatic carbocycles. The van der Waals surface area contributed by atoms with Crippen molar-refractivity contribution in [3.05, 3.63) is 70.4 Å². The number of methoxy groups -OCH3 is 2. The largest absolute Gasteiger partial charge is 0.493 e. The molecule has 4 aromatic rings. The zero-order chi connectivity index (χ0) is 23.5. The van der Waals surface area contributed by atoms with Gasteiger partial charge in [-0.15, -0.1) is 5.10 Å². The fraction of sp³-hybridized carbons (Fsp3) is 0.217. The van der Waals surface area contributed by atoms with Crippen LogP contribution in [0.1, 0.15) is 11.1 Å². The van der Waals surface area contributed by atoms with E-state index in [0.717, 1.165) is 15.1 Å². The Kier molecular flexibility index (Phi) is 6.36. The van der Waals surface area contributed by atoms with Gasteiger partial charge in [-0.3, -0.25) is 4.79 Å². The van der Waals surface area contributed by atoms with Gasteiger partial charge in [-0.2, -0.15) is 0 Å². The Morgan fingerprint density at radius 3 is 2.61 bits per heavy atom. The third-order valence-electron chi connectivity index (χ3n) is 4.97. The molecule has 0 atom stereocenters. The van der Waals surface area contributed by atoms with Gasteiger partial charge in [-0.25, -0.2) is 18.9 Å². The van der Waals surface area contributed by atoms with Crippen molar-refractivity contribution in [3.8, 4) is 11.5 Å². The molecule has 0 aliphatic heterocycles. The molecule has 33 heavy (non-hydrogen) atoms. The molecule has 0 saturated heterocycles. The Bertz CT molecular complexity index is 1400. The number of rotatable bonds is 7. The van der Waals surface area contributed by atoms with Gasteiger partial charge in [0.2, 0.25) is 5.91 Å². The zero-order valence-electron chi connectivity index (χ0n) is 18.7. The van der Waals surface area contributed by atoms with E-state index in [9.17, 15) is 9.59 Å². The Balaban J connectivity index is 1.57. The minimum atomic E-state index is -0.419. The van der Waals surface area contributed by atoms with Crippen molar-refractivity contribution in [2.24, 2.45) is 0 Å². The van der Waals surface area contributed by atoms with E-state index in [1.165, 1.54) is 35.9 Å². The Hall–Kier alpha value is -3.79. The molecule has 0 bridgehead atoms. The Morgan fingerprint density at radius 2 is 1.88 bits per heavy atom. The van der Waals surface area contributed by atoms with Crippen molar-refractivity contribution in [1.82, 2.24) is 19.2 Å². The highest BCUT2D eigenvalue weighted by Gasteiger charge is 2.16. The van der Waals surface area contributed by atoms with Crippen molar-refractivity contribution in [2.45, 2.75) is 30.3 Å². The number of fused-ring (bicyclic) bond motifs is 1. The number of carbonyl (C=O) groups is 1. The maximum Gasteiger partial charge on any atom is 0.350 e. The van der Waals surface area contributed by atoms with Crippen LogP contribution in [0.15, 0.2) is 63.5 Å². The smallest absolute Gasteiger partial charge is 0.350 e. The third kappa shape index (κ3) is 4.70. The average molecular weight is 466 g/mol. The van der Waals surface area contributed by atoms with Crippen molar-refractivity contribution in [3.63, 3.8) is 0 Å². The molecule has 170 valence electrons. The molecule has 1 amide bonds. The summed E-state index contributed by atoms with van der Waals surface area (Å²) in [7, 11) is 3.05. The molecule has 0 saturated carbocycles. The molecule has 0 unspecified atom stereocenters. The first-order valence-corrected chi connectivity index (χ1v) is 10.9. The average Bonchev–Trinajstić information content (AvgIpc) is 3.11. The van der Waals surface area contributed by atoms with Gasteiger partial charge >= 0.3 is 5.69 Å². The summed E-state index contributed by atoms with van der Waals surface area (Å²) in [5.74, 6) is 0.636. The summed E-state index contributed by atoms with van der Waals surface area (Å²) < 4.78 is 13.0. The van der Waals surface area contributed by atoms with Crippen LogP contribution >= 0.6 is 11.8 Å². The zero-order valence-corrected chi connectivity index (χ0v) is 19.5. The number of aromatic nitrogens is 4. The second kappa shape index (κ2) is 9.37. The number of nitrogens with zero attached hydrogens (tertiary/aromatic N) is 4. The van der Waals surface area contributed by atoms with Crippen molar-refractivity contribution in [2.75, 3.05) is 19.5 Å². The van der Waals surface area contributed by atoms with E-state index in [1.54, 1.807) is 30.6 Å². The fourth-order valence-corrected chi connectivity index (χ4v) is 4.28. The number of hydrogen-bond acceptors (Lipinski definition) is 7. The summed E-state index contributed by atoms with van der Waals surface area (Å²) in [5, 5.41) is 7.71. The van der Waals surface area contributed by atoms with Gasteiger partial charge in [0.15, 0.2) is 17.1 Å². The molecule has 4 rings (SSSR count). The Morgan fingerprint density at radius 1 is 1.09 bits per heavy atom. The highest BCUT2D eigenvalue weighted by Crippen LogP contribution is 2.31. The summed E-state index contributed by atoms with van der Waals surface area (Å²) in [4.78, 5) is 30.9. The fourth-order valence-electron chi connectivity index (χ4n) is 3.37. The van der Waals surface area contributed by atoms with Crippen LogP contribution in [-0.4, -0.2) is 39.3 Å². The van der Waals surface area contributed by atoms with Gasteiger partial charge in [-0.05, 0) is 37.6 Å². The number of nitrogens with one attached hydrogen (secondary N) is 1. The molecule has 9 nitrogen and oxygen atoms in total. The van der Waals surface area contributed by atoms with E-state index in [0.29, 0.717) is 27.9 Å². The quantitative estimate of drug-likeness (QED) is 0.447. The van der Waals surface area contributed by atoms with Crippen LogP contribution in [0.3, 0.4) is 0 Å². The number of amides is 1. The van der Waals surface area contributed by atoms with Crippen LogP contribution < -0.4 is 20.5 Å². The van der Waals surface area contributed by atoms with E-state index >= 15 is 0 Å². The van der Waals surface area contributed by atoms with Crippen LogP contribution in [-0.2, 0) is 11.3 Å². The van der Waals surface area contributed by atoms with Gasteiger partial charge in [0.05, 0.1) is 14.2 Å². The minimum absolute atomic E-state index is 0.247. The van der Waals surface area contributed by atoms with E-state index in [-0.39, 0.29) is 6.54 Å². The van der Waals surface area contributed by atoms with Gasteiger partial charge in [0, 0.05) is 29.0 Å². The number of anilines is 1. The van der Waals surface area contributed by atoms with E-state index in [4.69, 9.17) is 9.47 Å². The normalized spacial score (nSPS) is 10.9. The van der Waals surface area contributed by atoms with E-state index in [1.807, 2.05) is 26.0 Å². The maximum atomic E-state index is 12.8. The number of aryl methyl sites for hydroxylation is 2. The molecule has 1 N–H and O–H groups in total. The van der Waals surface area contributed by atoms with Crippen molar-refractivity contribution >= 4 is 29.0 Å². The SMILES string of the molecule is COc1ccc(NC(=O)Cn2nc3c(Sc4ccc(C)cc4C)nccn3c2=O)cc1OC. The van der Waals surface area contributed by atoms with Gasteiger partial charge in [0.25, 0.3) is 0 Å². The topological polar surface area (TPSA) is 99.7 Å². The standard InChI is InChI=1S/C23H23N5O4S/c1-14-5-8-19(15(2)11-14)33-22-21-26-28(23(30)27(21)10-9-24-22)13-20(29)25-16-6-7-17(31-3)18(12-16)32-4/h5-12H,13H2,1-4H3,(H,25,29). The highest BCUT2D eigenvalue weighted by molar-refractivity contribution is 7.99. The lowest BCUT2D eigenvalue weighted by Crippen LogP contribution is -2.28. The van der Waals surface area contributed by atoms with Gasteiger partial charge < -0.3 is 14.8 Å². The number of hydrogen-bond donors (Lipinski definition) is 1. The van der Waals surface area contributed by atoms with Crippen molar-refractivity contribution < 1.29 is 14.3 Å². The number of ether oxygens (including phenoxy) is 2. The molecule has 0 fully saturated rings. The highest BCUT2D eigenvalue weighted by atomic mass is 32.2. The predicted octanol–water partition coefficient (Wildman–Crippen LogP) is 3.31. The third-order valence-corrected chi connectivity index (χ3v) is 6.13. The number of carbonyl (C=O) groups excluding carboxylic acids is 1. The number of benzene rings is 2. The van der Waals surface area contributed by atoms with E-state index in [2.05, 4.69) is 21.5 Å². The second-order valence-corrected chi connectivity index (χ2v) is 8.39. The predicted molar refractivity (Wildman–Crippen MR) is 125 cm³/mol. The summed E-state index contributed by atoms with van der Waals surface area (Å²) in [5.41, 5.74) is 2.77. The monoisotopic (exact) mass is 465 g/mol. The van der Waals surface area contributed by atoms with Crippen LogP contribution in [0.2, 0.25) is 0 Å². The summed E-state index contributed by atoms with van der Waals surface area (Å²) in [6.07, 6.45) is 3.09. The van der Waals surface area contributed by atoms with Crippen LogP contribution in [0.25, 0.3) is 5.65 Å². The lowest BCUT2D eigenvalue weighted by Gasteiger charge is -2.10. The molecular formula is C23H23N5O4S. The first kappa shape index (κ1) is 22.4. The summed E-state index contributed by atoms with van der Waals surface area (Å²) in [6.45, 7) is 3.82. The first-order chi connectivity index (χ1) is 15.9. The molecule has 0 spiro atoms. The molecule has 2 heterocycles. The lowest BCUT2D eigenvalue weighted by atomic mass is 10.2. The Labute approximate surface area is 194 Å². The van der Waals surface area contributed by atoms with Crippen LogP contribution in [0, 0.1) is 13.8 Å². The molecule has 0 aliphatic rings. The van der Waals surface area contributed by atoms with E-state index < -0.39 is 11.6 Å².